The largest absolute Gasteiger partial charge is 0.466 e. The molecule has 0 N–H and O–H groups in total. The van der Waals surface area contributed by atoms with Gasteiger partial charge in [0.15, 0.2) is 0 Å². The van der Waals surface area contributed by atoms with Gasteiger partial charge in [-0.25, -0.2) is 0 Å². The average Bonchev–Trinajstić information content (AvgIpc) is 2.02. The second-order valence-electron chi connectivity index (χ2n) is 4.69. The van der Waals surface area contributed by atoms with Crippen molar-refractivity contribution in [3.05, 3.63) is 0 Å². The fourth-order valence-electron chi connectivity index (χ4n) is 1.14. The third-order valence-corrected chi connectivity index (χ3v) is 2.12. The molecule has 0 radical (unpaired) electrons. The van der Waals surface area contributed by atoms with Crippen LogP contribution in [0.4, 0.5) is 0 Å². The van der Waals surface area contributed by atoms with Crippen LogP contribution in [0.2, 0.25) is 0 Å². The maximum absolute atomic E-state index is 11.2. The Morgan fingerprint density at radius 2 is 1.64 bits per heavy atom. The molecule has 0 saturated heterocycles. The van der Waals surface area contributed by atoms with Gasteiger partial charge in [0.1, 0.15) is 0 Å². The molecule has 84 valence electrons. The van der Waals surface area contributed by atoms with E-state index in [2.05, 4.69) is 27.7 Å². The van der Waals surface area contributed by atoms with Crippen LogP contribution >= 0.6 is 0 Å². The number of esters is 1. The molecule has 0 amide bonds. The Bertz CT molecular complexity index is 134. The molecule has 0 aliphatic rings. The van der Waals surface area contributed by atoms with Crippen molar-refractivity contribution >= 4 is 5.97 Å². The molecule has 2 heteroatoms. The van der Waals surface area contributed by atoms with Gasteiger partial charge in [-0.1, -0.05) is 34.1 Å². The zero-order valence-corrected chi connectivity index (χ0v) is 10.0. The molecular formula is C12H24O2. The summed E-state index contributed by atoms with van der Waals surface area (Å²) in [5.74, 6) is 1.25. The number of rotatable bonds is 7. The number of ether oxygens (including phenoxy) is 1. The van der Waals surface area contributed by atoms with Crippen molar-refractivity contribution in [3.8, 4) is 0 Å². The Labute approximate surface area is 88.0 Å². The zero-order chi connectivity index (χ0) is 11.0. The minimum atomic E-state index is -0.0358. The van der Waals surface area contributed by atoms with Crippen molar-refractivity contribution in [2.45, 2.75) is 53.4 Å². The molecule has 0 aromatic heterocycles. The molecule has 0 saturated carbocycles. The van der Waals surface area contributed by atoms with Crippen LogP contribution in [0, 0.1) is 11.8 Å². The lowest BCUT2D eigenvalue weighted by atomic mass is 10.1. The molecule has 0 spiro atoms. The second-order valence-corrected chi connectivity index (χ2v) is 4.69. The number of carbonyl (C=O) groups excluding carboxylic acids is 1. The van der Waals surface area contributed by atoms with Gasteiger partial charge in [0.25, 0.3) is 0 Å². The Hall–Kier alpha value is -0.530. The van der Waals surface area contributed by atoms with E-state index in [-0.39, 0.29) is 5.97 Å². The van der Waals surface area contributed by atoms with Gasteiger partial charge in [-0.05, 0) is 24.7 Å². The monoisotopic (exact) mass is 200 g/mol. The van der Waals surface area contributed by atoms with Crippen LogP contribution in [0.15, 0.2) is 0 Å². The number of hydrogen-bond donors (Lipinski definition) is 0. The van der Waals surface area contributed by atoms with Crippen LogP contribution in [-0.2, 0) is 9.53 Å². The van der Waals surface area contributed by atoms with Crippen LogP contribution in [0.3, 0.4) is 0 Å². The summed E-state index contributed by atoms with van der Waals surface area (Å²) in [6.07, 6.45) is 3.61. The molecule has 0 bridgehead atoms. The van der Waals surface area contributed by atoms with E-state index in [0.29, 0.717) is 24.9 Å². The van der Waals surface area contributed by atoms with E-state index in [1.807, 2.05) is 0 Å². The summed E-state index contributed by atoms with van der Waals surface area (Å²) in [4.78, 5) is 11.2. The lowest BCUT2D eigenvalue weighted by Gasteiger charge is -2.07. The smallest absolute Gasteiger partial charge is 0.305 e. The van der Waals surface area contributed by atoms with Crippen LogP contribution < -0.4 is 0 Å². The summed E-state index contributed by atoms with van der Waals surface area (Å²) in [5, 5.41) is 0. The van der Waals surface area contributed by atoms with Crippen LogP contribution in [0.1, 0.15) is 53.4 Å². The molecular weight excluding hydrogens is 176 g/mol. The first-order chi connectivity index (χ1) is 6.52. The molecule has 0 fully saturated rings. The van der Waals surface area contributed by atoms with Gasteiger partial charge in [-0.3, -0.25) is 4.79 Å². The fraction of sp³-hybridized carbons (Fsp3) is 0.917. The molecule has 0 atom stereocenters. The predicted octanol–water partition coefficient (Wildman–Crippen LogP) is 3.40. The molecule has 0 aliphatic carbocycles. The molecule has 14 heavy (non-hydrogen) atoms. The lowest BCUT2D eigenvalue weighted by molar-refractivity contribution is -0.144. The average molecular weight is 200 g/mol. The summed E-state index contributed by atoms with van der Waals surface area (Å²) >= 11 is 0. The van der Waals surface area contributed by atoms with Gasteiger partial charge >= 0.3 is 5.97 Å². The van der Waals surface area contributed by atoms with E-state index < -0.39 is 0 Å². The van der Waals surface area contributed by atoms with Crippen LogP contribution in [0.25, 0.3) is 0 Å². The minimum Gasteiger partial charge on any atom is -0.466 e. The molecule has 0 heterocycles. The van der Waals surface area contributed by atoms with E-state index in [4.69, 9.17) is 4.74 Å². The van der Waals surface area contributed by atoms with Crippen molar-refractivity contribution < 1.29 is 9.53 Å². The first kappa shape index (κ1) is 13.5. The summed E-state index contributed by atoms with van der Waals surface area (Å²) in [6.45, 7) is 9.19. The normalized spacial score (nSPS) is 11.0. The molecule has 0 rings (SSSR count). The Kier molecular flexibility index (Phi) is 7.54. The molecule has 2 nitrogen and oxygen atoms in total. The highest BCUT2D eigenvalue weighted by Crippen LogP contribution is 2.07. The van der Waals surface area contributed by atoms with E-state index in [1.165, 1.54) is 0 Å². The van der Waals surface area contributed by atoms with Crippen molar-refractivity contribution in [1.82, 2.24) is 0 Å². The van der Waals surface area contributed by atoms with Crippen molar-refractivity contribution in [2.24, 2.45) is 11.8 Å². The highest BCUT2D eigenvalue weighted by atomic mass is 16.5. The molecule has 0 aromatic carbocycles. The number of carbonyl (C=O) groups is 1. The summed E-state index contributed by atoms with van der Waals surface area (Å²) < 4.78 is 5.10. The van der Waals surface area contributed by atoms with E-state index >= 15 is 0 Å². The molecule has 0 aromatic rings. The van der Waals surface area contributed by atoms with E-state index in [0.717, 1.165) is 19.3 Å². The first-order valence-corrected chi connectivity index (χ1v) is 5.68. The van der Waals surface area contributed by atoms with Crippen molar-refractivity contribution in [1.29, 1.82) is 0 Å². The maximum Gasteiger partial charge on any atom is 0.305 e. The molecule has 0 aliphatic heterocycles. The van der Waals surface area contributed by atoms with E-state index in [1.54, 1.807) is 0 Å². The SMILES string of the molecule is CC(C)CCCC(=O)OCCC(C)C. The van der Waals surface area contributed by atoms with Crippen LogP contribution in [0.5, 0.6) is 0 Å². The van der Waals surface area contributed by atoms with Crippen molar-refractivity contribution in [2.75, 3.05) is 6.61 Å². The predicted molar refractivity (Wildman–Crippen MR) is 59.1 cm³/mol. The summed E-state index contributed by atoms with van der Waals surface area (Å²) in [7, 11) is 0. The fourth-order valence-corrected chi connectivity index (χ4v) is 1.14. The highest BCUT2D eigenvalue weighted by molar-refractivity contribution is 5.69. The van der Waals surface area contributed by atoms with Gasteiger partial charge in [0.05, 0.1) is 6.61 Å². The third-order valence-electron chi connectivity index (χ3n) is 2.12. The molecule has 0 unspecified atom stereocenters. The quantitative estimate of drug-likeness (QED) is 0.589. The summed E-state index contributed by atoms with van der Waals surface area (Å²) in [6, 6.07) is 0. The standard InChI is InChI=1S/C12H24O2/c1-10(2)6-5-7-12(13)14-9-8-11(3)4/h10-11H,5-9H2,1-4H3. The van der Waals surface area contributed by atoms with Gasteiger partial charge in [-0.15, -0.1) is 0 Å². The Morgan fingerprint density at radius 3 is 2.14 bits per heavy atom. The Morgan fingerprint density at radius 1 is 1.07 bits per heavy atom. The van der Waals surface area contributed by atoms with Gasteiger partial charge in [-0.2, -0.15) is 0 Å². The minimum absolute atomic E-state index is 0.0358. The van der Waals surface area contributed by atoms with Gasteiger partial charge < -0.3 is 4.74 Å². The lowest BCUT2D eigenvalue weighted by Crippen LogP contribution is -2.07. The third kappa shape index (κ3) is 9.56. The zero-order valence-electron chi connectivity index (χ0n) is 10.0. The first-order valence-electron chi connectivity index (χ1n) is 5.68. The number of hydrogen-bond acceptors (Lipinski definition) is 2. The van der Waals surface area contributed by atoms with Crippen molar-refractivity contribution in [3.63, 3.8) is 0 Å². The van der Waals surface area contributed by atoms with Gasteiger partial charge in [0.2, 0.25) is 0 Å². The van der Waals surface area contributed by atoms with Crippen LogP contribution in [-0.4, -0.2) is 12.6 Å². The Balaban J connectivity index is 3.28. The maximum atomic E-state index is 11.2. The highest BCUT2D eigenvalue weighted by Gasteiger charge is 2.04. The topological polar surface area (TPSA) is 26.3 Å². The summed E-state index contributed by atoms with van der Waals surface area (Å²) in [5.41, 5.74) is 0. The van der Waals surface area contributed by atoms with E-state index in [9.17, 15) is 4.79 Å². The second kappa shape index (κ2) is 7.84. The van der Waals surface area contributed by atoms with Gasteiger partial charge in [0, 0.05) is 6.42 Å².